The van der Waals surface area contributed by atoms with Gasteiger partial charge in [0.25, 0.3) is 11.7 Å². The van der Waals surface area contributed by atoms with Crippen LogP contribution < -0.4 is 4.74 Å². The molecule has 34 heavy (non-hydrogen) atoms. The number of aliphatic hydroxyl groups excluding tert-OH is 1. The molecule has 2 aliphatic rings. The van der Waals surface area contributed by atoms with E-state index in [2.05, 4.69) is 4.98 Å². The van der Waals surface area contributed by atoms with E-state index in [1.165, 1.54) is 17.0 Å². The van der Waals surface area contributed by atoms with E-state index in [1.54, 1.807) is 36.8 Å². The van der Waals surface area contributed by atoms with Crippen molar-refractivity contribution in [2.24, 2.45) is 0 Å². The van der Waals surface area contributed by atoms with Gasteiger partial charge in [0.1, 0.15) is 23.4 Å². The summed E-state index contributed by atoms with van der Waals surface area (Å²) in [5.41, 5.74) is 2.11. The zero-order valence-corrected chi connectivity index (χ0v) is 18.7. The zero-order chi connectivity index (χ0) is 23.8. The number of carbonyl (C=O) groups excluding carboxylic acids is 2. The number of ether oxygens (including phenoxy) is 1. The van der Waals surface area contributed by atoms with Crippen LogP contribution in [0.4, 0.5) is 0 Å². The Hall–Kier alpha value is -4.07. The molecule has 3 aromatic rings. The Morgan fingerprint density at radius 2 is 1.94 bits per heavy atom. The molecule has 0 aliphatic carbocycles. The minimum atomic E-state index is -0.758. The van der Waals surface area contributed by atoms with Crippen LogP contribution in [-0.2, 0) is 22.6 Å². The van der Waals surface area contributed by atoms with Gasteiger partial charge in [0.2, 0.25) is 0 Å². The molecule has 8 nitrogen and oxygen atoms in total. The van der Waals surface area contributed by atoms with Crippen molar-refractivity contribution in [1.29, 1.82) is 0 Å². The number of phenolic OH excluding ortho intramolecular Hbond substituents is 1. The van der Waals surface area contributed by atoms with Crippen molar-refractivity contribution in [2.75, 3.05) is 6.54 Å². The molecule has 0 radical (unpaired) electrons. The van der Waals surface area contributed by atoms with E-state index in [-0.39, 0.29) is 23.2 Å². The van der Waals surface area contributed by atoms with E-state index >= 15 is 0 Å². The first kappa shape index (κ1) is 21.8. The van der Waals surface area contributed by atoms with Crippen molar-refractivity contribution in [3.05, 3.63) is 83.4 Å². The number of hydrogen-bond donors (Lipinski definition) is 2. The quantitative estimate of drug-likeness (QED) is 0.333. The average molecular weight is 460 g/mol. The molecule has 1 amide bonds. The fraction of sp³-hybridized carbons (Fsp3) is 0.269. The number of likely N-dealkylation sites (tertiary alicyclic amines) is 1. The smallest absolute Gasteiger partial charge is 0.295 e. The molecule has 1 fully saturated rings. The van der Waals surface area contributed by atoms with Gasteiger partial charge in [0.05, 0.1) is 17.9 Å². The highest BCUT2D eigenvalue weighted by Crippen LogP contribution is 2.41. The van der Waals surface area contributed by atoms with Gasteiger partial charge in [-0.25, -0.2) is 4.98 Å². The molecule has 2 aliphatic heterocycles. The van der Waals surface area contributed by atoms with E-state index in [0.717, 1.165) is 11.3 Å². The SMILES string of the molecule is C[C@H]1Cc2cc(/C(O)=C3\C(=O)C(=O)N(CCCn4ccnc4)[C@H]3c3ccc(O)cc3)ccc2O1. The lowest BCUT2D eigenvalue weighted by Gasteiger charge is -2.25. The number of ketones is 1. The third kappa shape index (κ3) is 3.91. The summed E-state index contributed by atoms with van der Waals surface area (Å²) in [6, 6.07) is 10.9. The molecule has 0 bridgehead atoms. The summed E-state index contributed by atoms with van der Waals surface area (Å²) in [4.78, 5) is 31.7. The average Bonchev–Trinajstić information content (AvgIpc) is 3.53. The van der Waals surface area contributed by atoms with Gasteiger partial charge in [-0.05, 0) is 54.8 Å². The Labute approximate surface area is 196 Å². The number of aliphatic hydroxyl groups is 1. The molecule has 0 spiro atoms. The van der Waals surface area contributed by atoms with Gasteiger partial charge in [-0.1, -0.05) is 12.1 Å². The molecule has 2 N–H and O–H groups in total. The topological polar surface area (TPSA) is 105 Å². The number of carbonyl (C=O) groups is 2. The van der Waals surface area contributed by atoms with Gasteiger partial charge in [0, 0.05) is 37.5 Å². The summed E-state index contributed by atoms with van der Waals surface area (Å²) in [6.45, 7) is 2.93. The lowest BCUT2D eigenvalue weighted by Crippen LogP contribution is -2.31. The number of benzene rings is 2. The first-order valence-electron chi connectivity index (χ1n) is 11.3. The standard InChI is InChI=1S/C26H25N3O5/c1-16-13-19-14-18(5-8-21(19)34-16)24(31)22-23(17-3-6-20(30)7-4-17)29(26(33)25(22)32)11-2-10-28-12-9-27-15-28/h3-9,12,14-16,23,30-31H,2,10-11,13H2,1H3/b24-22+/t16-,23-/m0/s1. The van der Waals surface area contributed by atoms with Crippen molar-refractivity contribution in [3.63, 3.8) is 0 Å². The molecule has 5 rings (SSSR count). The number of amides is 1. The summed E-state index contributed by atoms with van der Waals surface area (Å²) >= 11 is 0. The maximum Gasteiger partial charge on any atom is 0.295 e. The van der Waals surface area contributed by atoms with E-state index in [1.807, 2.05) is 23.8 Å². The zero-order valence-electron chi connectivity index (χ0n) is 18.7. The van der Waals surface area contributed by atoms with E-state index in [9.17, 15) is 19.8 Å². The predicted molar refractivity (Wildman–Crippen MR) is 124 cm³/mol. The Kier molecular flexibility index (Phi) is 5.57. The van der Waals surface area contributed by atoms with Gasteiger partial charge in [-0.15, -0.1) is 0 Å². The molecular weight excluding hydrogens is 434 g/mol. The second-order valence-corrected chi connectivity index (χ2v) is 8.69. The van der Waals surface area contributed by atoms with Crippen LogP contribution >= 0.6 is 0 Å². The number of nitrogens with zero attached hydrogens (tertiary/aromatic N) is 3. The number of imidazole rings is 1. The Balaban J connectivity index is 1.52. The van der Waals surface area contributed by atoms with Gasteiger partial charge >= 0.3 is 0 Å². The second kappa shape index (κ2) is 8.70. The first-order chi connectivity index (χ1) is 16.4. The number of aryl methyl sites for hydroxylation is 1. The number of phenols is 1. The predicted octanol–water partition coefficient (Wildman–Crippen LogP) is 3.42. The number of hydrogen-bond acceptors (Lipinski definition) is 6. The van der Waals surface area contributed by atoms with Crippen molar-refractivity contribution >= 4 is 17.4 Å². The van der Waals surface area contributed by atoms with Gasteiger partial charge in [-0.2, -0.15) is 0 Å². The number of aromatic hydroxyl groups is 1. The van der Waals surface area contributed by atoms with Gasteiger partial charge in [-0.3, -0.25) is 9.59 Å². The summed E-state index contributed by atoms with van der Waals surface area (Å²) in [5.74, 6) is -0.741. The number of fused-ring (bicyclic) bond motifs is 1. The number of aromatic nitrogens is 2. The molecule has 174 valence electrons. The Bertz CT molecular complexity index is 1260. The second-order valence-electron chi connectivity index (χ2n) is 8.69. The third-order valence-electron chi connectivity index (χ3n) is 6.29. The van der Waals surface area contributed by atoms with Crippen molar-refractivity contribution in [3.8, 4) is 11.5 Å². The van der Waals surface area contributed by atoms with Gasteiger partial charge in [0.15, 0.2) is 0 Å². The molecule has 0 unspecified atom stereocenters. The molecular formula is C26H25N3O5. The van der Waals surface area contributed by atoms with E-state index < -0.39 is 17.7 Å². The van der Waals surface area contributed by atoms with E-state index in [0.29, 0.717) is 37.1 Å². The van der Waals surface area contributed by atoms with Crippen LogP contribution in [0.5, 0.6) is 11.5 Å². The molecule has 0 saturated carbocycles. The fourth-order valence-electron chi connectivity index (χ4n) is 4.68. The largest absolute Gasteiger partial charge is 0.508 e. The molecule has 2 atom stereocenters. The van der Waals surface area contributed by atoms with Crippen molar-refractivity contribution in [1.82, 2.24) is 14.5 Å². The van der Waals surface area contributed by atoms with Crippen LogP contribution in [0.1, 0.15) is 36.1 Å². The van der Waals surface area contributed by atoms with Crippen LogP contribution in [0.25, 0.3) is 5.76 Å². The lowest BCUT2D eigenvalue weighted by atomic mass is 9.94. The summed E-state index contributed by atoms with van der Waals surface area (Å²) in [7, 11) is 0. The Morgan fingerprint density at radius 1 is 1.15 bits per heavy atom. The summed E-state index contributed by atoms with van der Waals surface area (Å²) < 4.78 is 7.64. The maximum atomic E-state index is 13.2. The van der Waals surface area contributed by atoms with Crippen molar-refractivity contribution < 1.29 is 24.5 Å². The monoisotopic (exact) mass is 459 g/mol. The van der Waals surface area contributed by atoms with Crippen LogP contribution in [0, 0.1) is 0 Å². The van der Waals surface area contributed by atoms with E-state index in [4.69, 9.17) is 4.74 Å². The fourth-order valence-corrected chi connectivity index (χ4v) is 4.68. The minimum Gasteiger partial charge on any atom is -0.508 e. The molecule has 1 saturated heterocycles. The molecule has 1 aromatic heterocycles. The minimum absolute atomic E-state index is 0.0465. The first-order valence-corrected chi connectivity index (χ1v) is 11.3. The summed E-state index contributed by atoms with van der Waals surface area (Å²) in [5, 5.41) is 21.0. The molecule has 2 aromatic carbocycles. The lowest BCUT2D eigenvalue weighted by molar-refractivity contribution is -0.139. The molecule has 3 heterocycles. The highest BCUT2D eigenvalue weighted by atomic mass is 16.5. The Morgan fingerprint density at radius 3 is 2.68 bits per heavy atom. The van der Waals surface area contributed by atoms with Crippen LogP contribution in [0.2, 0.25) is 0 Å². The normalized spacial score (nSPS) is 21.0. The summed E-state index contributed by atoms with van der Waals surface area (Å²) in [6.07, 6.45) is 6.58. The van der Waals surface area contributed by atoms with Gasteiger partial charge < -0.3 is 24.4 Å². The van der Waals surface area contributed by atoms with Crippen molar-refractivity contribution in [2.45, 2.75) is 38.5 Å². The highest BCUT2D eigenvalue weighted by Gasteiger charge is 2.45. The number of Topliss-reactive ketones (excluding diaryl/α,β-unsaturated/α-hetero) is 1. The maximum absolute atomic E-state index is 13.2. The molecule has 8 heteroatoms. The van der Waals surface area contributed by atoms with Crippen LogP contribution in [0.15, 0.2) is 66.8 Å². The van der Waals surface area contributed by atoms with Crippen LogP contribution in [0.3, 0.4) is 0 Å². The number of rotatable bonds is 6. The third-order valence-corrected chi connectivity index (χ3v) is 6.29. The van der Waals surface area contributed by atoms with Crippen LogP contribution in [-0.4, -0.2) is 49.0 Å². The highest BCUT2D eigenvalue weighted by molar-refractivity contribution is 6.46.